The van der Waals surface area contributed by atoms with Crippen molar-refractivity contribution in [3.63, 3.8) is 0 Å². The Balaban J connectivity index is 1.24. The van der Waals surface area contributed by atoms with Crippen molar-refractivity contribution in [1.82, 2.24) is 19.7 Å². The van der Waals surface area contributed by atoms with E-state index in [0.717, 1.165) is 45.7 Å². The van der Waals surface area contributed by atoms with Crippen molar-refractivity contribution in [2.24, 2.45) is 0 Å². The van der Waals surface area contributed by atoms with Gasteiger partial charge in [-0.2, -0.15) is 10.1 Å². The van der Waals surface area contributed by atoms with E-state index in [1.54, 1.807) is 42.7 Å². The maximum atomic E-state index is 12.6. The predicted molar refractivity (Wildman–Crippen MR) is 134 cm³/mol. The van der Waals surface area contributed by atoms with Gasteiger partial charge in [0.1, 0.15) is 11.5 Å². The van der Waals surface area contributed by atoms with Crippen LogP contribution in [0.4, 0.5) is 5.13 Å². The summed E-state index contributed by atoms with van der Waals surface area (Å²) in [7, 11) is 1.65. The summed E-state index contributed by atoms with van der Waals surface area (Å²) in [4.78, 5) is 21.6. The third-order valence-corrected chi connectivity index (χ3v) is 7.24. The molecule has 1 fully saturated rings. The standard InChI is InChI=1S/C24H24ClN5O3S/c1-16-22-23(30(27-16)18-5-9-19(32-2)10-6-18)26-24(34-22)29-13-11-28(12-14-29)21(31)15-33-20-7-3-17(25)4-8-20/h3-10H,11-15H2,1-2H3. The first-order valence-electron chi connectivity index (χ1n) is 10.9. The molecule has 10 heteroatoms. The van der Waals surface area contributed by atoms with Crippen LogP contribution < -0.4 is 14.4 Å². The highest BCUT2D eigenvalue weighted by molar-refractivity contribution is 7.22. The SMILES string of the molecule is COc1ccc(-n2nc(C)c3sc(N4CCN(C(=O)COc5ccc(Cl)cc5)CC4)nc32)cc1. The molecule has 1 aliphatic rings. The third kappa shape index (κ3) is 4.53. The Hall–Kier alpha value is -3.30. The normalized spacial score (nSPS) is 14.0. The summed E-state index contributed by atoms with van der Waals surface area (Å²) in [5.41, 5.74) is 2.73. The summed E-state index contributed by atoms with van der Waals surface area (Å²) >= 11 is 7.53. The number of hydrogen-bond donors (Lipinski definition) is 0. The van der Waals surface area contributed by atoms with Crippen LogP contribution in [0.3, 0.4) is 0 Å². The number of fused-ring (bicyclic) bond motifs is 1. The van der Waals surface area contributed by atoms with Crippen molar-refractivity contribution in [3.8, 4) is 17.2 Å². The topological polar surface area (TPSA) is 72.7 Å². The lowest BCUT2D eigenvalue weighted by Gasteiger charge is -2.34. The second kappa shape index (κ2) is 9.52. The van der Waals surface area contributed by atoms with Crippen LogP contribution >= 0.6 is 22.9 Å². The number of piperazine rings is 1. The number of anilines is 1. The number of carbonyl (C=O) groups excluding carboxylic acids is 1. The van der Waals surface area contributed by atoms with E-state index >= 15 is 0 Å². The van der Waals surface area contributed by atoms with Crippen molar-refractivity contribution >= 4 is 44.3 Å². The summed E-state index contributed by atoms with van der Waals surface area (Å²) in [6, 6.07) is 14.8. The number of halogens is 1. The number of carbonyl (C=O) groups is 1. The minimum atomic E-state index is -0.0232. The van der Waals surface area contributed by atoms with Gasteiger partial charge in [0, 0.05) is 31.2 Å². The van der Waals surface area contributed by atoms with Gasteiger partial charge in [0.15, 0.2) is 17.4 Å². The number of ether oxygens (including phenoxy) is 2. The van der Waals surface area contributed by atoms with E-state index in [4.69, 9.17) is 26.1 Å². The van der Waals surface area contributed by atoms with Crippen molar-refractivity contribution in [2.75, 3.05) is 44.8 Å². The van der Waals surface area contributed by atoms with Gasteiger partial charge in [0.2, 0.25) is 0 Å². The summed E-state index contributed by atoms with van der Waals surface area (Å²) in [5, 5.41) is 6.26. The number of nitrogens with zero attached hydrogens (tertiary/aromatic N) is 5. The molecule has 2 aromatic heterocycles. The molecule has 0 aliphatic carbocycles. The second-order valence-electron chi connectivity index (χ2n) is 7.95. The number of hydrogen-bond acceptors (Lipinski definition) is 7. The van der Waals surface area contributed by atoms with E-state index in [1.807, 2.05) is 40.8 Å². The quantitative estimate of drug-likeness (QED) is 0.398. The number of benzene rings is 2. The average Bonchev–Trinajstić information content (AvgIpc) is 3.44. The number of aryl methyl sites for hydroxylation is 1. The fourth-order valence-electron chi connectivity index (χ4n) is 3.88. The van der Waals surface area contributed by atoms with E-state index in [0.29, 0.717) is 23.9 Å². The maximum Gasteiger partial charge on any atom is 0.260 e. The molecule has 0 radical (unpaired) electrons. The molecule has 8 nitrogen and oxygen atoms in total. The predicted octanol–water partition coefficient (Wildman–Crippen LogP) is 4.18. The Morgan fingerprint density at radius 1 is 1.03 bits per heavy atom. The lowest BCUT2D eigenvalue weighted by molar-refractivity contribution is -0.133. The van der Waals surface area contributed by atoms with E-state index in [9.17, 15) is 4.79 Å². The average molecular weight is 498 g/mol. The smallest absolute Gasteiger partial charge is 0.260 e. The highest BCUT2D eigenvalue weighted by Crippen LogP contribution is 2.33. The molecule has 1 aliphatic heterocycles. The van der Waals surface area contributed by atoms with Crippen LogP contribution in [-0.2, 0) is 4.79 Å². The van der Waals surface area contributed by atoms with E-state index in [1.165, 1.54) is 0 Å². The Bertz CT molecular complexity index is 1290. The van der Waals surface area contributed by atoms with Gasteiger partial charge in [-0.3, -0.25) is 4.79 Å². The highest BCUT2D eigenvalue weighted by Gasteiger charge is 2.25. The van der Waals surface area contributed by atoms with Crippen LogP contribution in [-0.4, -0.2) is 65.5 Å². The molecular formula is C24H24ClN5O3S. The van der Waals surface area contributed by atoms with E-state index in [-0.39, 0.29) is 12.5 Å². The third-order valence-electron chi connectivity index (χ3n) is 5.77. The Morgan fingerprint density at radius 2 is 1.71 bits per heavy atom. The summed E-state index contributed by atoms with van der Waals surface area (Å²) < 4.78 is 13.8. The Labute approximate surface area is 206 Å². The summed E-state index contributed by atoms with van der Waals surface area (Å²) in [6.45, 7) is 4.71. The largest absolute Gasteiger partial charge is 0.497 e. The van der Waals surface area contributed by atoms with Gasteiger partial charge in [-0.1, -0.05) is 22.9 Å². The minimum absolute atomic E-state index is 0.0136. The molecule has 3 heterocycles. The molecule has 0 saturated carbocycles. The molecule has 1 saturated heterocycles. The van der Waals surface area contributed by atoms with Crippen molar-refractivity contribution in [3.05, 3.63) is 59.2 Å². The molecule has 0 unspecified atom stereocenters. The first kappa shape index (κ1) is 22.5. The van der Waals surface area contributed by atoms with Crippen LogP contribution in [0.2, 0.25) is 5.02 Å². The van der Waals surface area contributed by atoms with Gasteiger partial charge in [-0.15, -0.1) is 0 Å². The van der Waals surface area contributed by atoms with Crippen molar-refractivity contribution < 1.29 is 14.3 Å². The Morgan fingerprint density at radius 3 is 2.38 bits per heavy atom. The molecule has 176 valence electrons. The first-order valence-corrected chi connectivity index (χ1v) is 12.1. The monoisotopic (exact) mass is 497 g/mol. The zero-order chi connectivity index (χ0) is 23.7. The molecule has 5 rings (SSSR count). The van der Waals surface area contributed by atoms with Crippen LogP contribution in [0.25, 0.3) is 16.0 Å². The Kier molecular flexibility index (Phi) is 6.30. The van der Waals surface area contributed by atoms with Crippen LogP contribution in [0, 0.1) is 6.92 Å². The summed E-state index contributed by atoms with van der Waals surface area (Å²) in [6.07, 6.45) is 0. The highest BCUT2D eigenvalue weighted by atomic mass is 35.5. The van der Waals surface area contributed by atoms with Gasteiger partial charge in [-0.05, 0) is 55.5 Å². The van der Waals surface area contributed by atoms with Crippen molar-refractivity contribution in [2.45, 2.75) is 6.92 Å². The molecular weight excluding hydrogens is 474 g/mol. The van der Waals surface area contributed by atoms with Gasteiger partial charge in [0.25, 0.3) is 5.91 Å². The number of aromatic nitrogens is 3. The second-order valence-corrected chi connectivity index (χ2v) is 9.37. The van der Waals surface area contributed by atoms with E-state index < -0.39 is 0 Å². The molecule has 1 amide bonds. The number of rotatable bonds is 6. The fourth-order valence-corrected chi connectivity index (χ4v) is 5.04. The van der Waals surface area contributed by atoms with Crippen molar-refractivity contribution in [1.29, 1.82) is 0 Å². The molecule has 0 atom stereocenters. The fraction of sp³-hybridized carbons (Fsp3) is 0.292. The lowest BCUT2D eigenvalue weighted by atomic mass is 10.3. The lowest BCUT2D eigenvalue weighted by Crippen LogP contribution is -2.50. The van der Waals surface area contributed by atoms with E-state index in [2.05, 4.69) is 10.00 Å². The first-order chi connectivity index (χ1) is 16.5. The molecule has 0 N–H and O–H groups in total. The zero-order valence-corrected chi connectivity index (χ0v) is 20.5. The number of methoxy groups -OCH3 is 1. The molecule has 0 bridgehead atoms. The molecule has 2 aromatic carbocycles. The maximum absolute atomic E-state index is 12.6. The summed E-state index contributed by atoms with van der Waals surface area (Å²) in [5.74, 6) is 1.41. The molecule has 34 heavy (non-hydrogen) atoms. The van der Waals surface area contributed by atoms with Crippen LogP contribution in [0.15, 0.2) is 48.5 Å². The van der Waals surface area contributed by atoms with Gasteiger partial charge >= 0.3 is 0 Å². The van der Waals surface area contributed by atoms with Gasteiger partial charge < -0.3 is 19.3 Å². The van der Waals surface area contributed by atoms with Gasteiger partial charge in [0.05, 0.1) is 23.2 Å². The minimum Gasteiger partial charge on any atom is -0.497 e. The van der Waals surface area contributed by atoms with Gasteiger partial charge in [-0.25, -0.2) is 4.68 Å². The van der Waals surface area contributed by atoms with Crippen LogP contribution in [0.5, 0.6) is 11.5 Å². The zero-order valence-electron chi connectivity index (χ0n) is 18.9. The molecule has 4 aromatic rings. The number of amides is 1. The molecule has 0 spiro atoms. The number of thiazole rings is 1. The van der Waals surface area contributed by atoms with Crippen LogP contribution in [0.1, 0.15) is 5.69 Å².